The van der Waals surface area contributed by atoms with Crippen LogP contribution >= 0.6 is 0 Å². The molecule has 6 rings (SSSR count). The molecule has 1 aromatic carbocycles. The number of hydrogen-bond donors (Lipinski definition) is 3. The molecular formula is C36H49N5O9S. The largest absolute Gasteiger partial charge is 0.496 e. The Morgan fingerprint density at radius 1 is 1.14 bits per heavy atom. The molecule has 1 aromatic heterocycles. The van der Waals surface area contributed by atoms with Crippen molar-refractivity contribution in [2.75, 3.05) is 20.3 Å². The maximum absolute atomic E-state index is 14.5. The van der Waals surface area contributed by atoms with Gasteiger partial charge in [0.1, 0.15) is 29.5 Å². The summed E-state index contributed by atoms with van der Waals surface area (Å²) < 4.78 is 45.3. The van der Waals surface area contributed by atoms with Gasteiger partial charge in [0.15, 0.2) is 0 Å². The molecule has 14 nitrogen and oxygen atoms in total. The summed E-state index contributed by atoms with van der Waals surface area (Å²) in [6.45, 7) is 7.45. The van der Waals surface area contributed by atoms with Crippen LogP contribution in [0.4, 0.5) is 4.79 Å². The molecule has 2 aliphatic carbocycles. The Balaban J connectivity index is 1.34. The van der Waals surface area contributed by atoms with E-state index in [0.29, 0.717) is 37.3 Å². The van der Waals surface area contributed by atoms with Crippen molar-refractivity contribution in [1.82, 2.24) is 25.2 Å². The third-order valence-electron chi connectivity index (χ3n) is 10.5. The number of benzene rings is 1. The van der Waals surface area contributed by atoms with E-state index in [-0.39, 0.29) is 31.9 Å². The number of nitrogens with one attached hydrogen (secondary N) is 3. The van der Waals surface area contributed by atoms with Gasteiger partial charge >= 0.3 is 6.09 Å². The van der Waals surface area contributed by atoms with Crippen LogP contribution in [-0.2, 0) is 35.6 Å². The molecule has 2 aliphatic heterocycles. The average Bonchev–Trinajstić information content (AvgIpc) is 4.00. The second kappa shape index (κ2) is 14.1. The summed E-state index contributed by atoms with van der Waals surface area (Å²) >= 11 is 0. The number of cyclic esters (lactones) is 1. The molecule has 2 aromatic rings. The molecular weight excluding hydrogens is 678 g/mol. The maximum atomic E-state index is 14.5. The van der Waals surface area contributed by atoms with Crippen LogP contribution in [-0.4, -0.2) is 91.4 Å². The number of sulfonamides is 1. The van der Waals surface area contributed by atoms with Crippen LogP contribution in [0.1, 0.15) is 84.6 Å². The van der Waals surface area contributed by atoms with Crippen molar-refractivity contribution >= 4 is 44.6 Å². The molecule has 51 heavy (non-hydrogen) atoms. The van der Waals surface area contributed by atoms with Crippen LogP contribution in [0.25, 0.3) is 10.8 Å². The number of fused-ring (bicyclic) bond motifs is 3. The first-order chi connectivity index (χ1) is 24.2. The number of hydrogen-bond acceptors (Lipinski definition) is 10. The first-order valence-corrected chi connectivity index (χ1v) is 19.5. The number of aromatic nitrogens is 1. The summed E-state index contributed by atoms with van der Waals surface area (Å²) in [6.07, 6.45) is 5.06. The molecule has 0 unspecified atom stereocenters. The van der Waals surface area contributed by atoms with Crippen LogP contribution in [0.15, 0.2) is 24.4 Å². The van der Waals surface area contributed by atoms with Gasteiger partial charge in [0, 0.05) is 23.4 Å². The molecule has 0 spiro atoms. The minimum atomic E-state index is -3.86. The number of amides is 4. The van der Waals surface area contributed by atoms with Crippen molar-refractivity contribution in [3.8, 4) is 11.6 Å². The van der Waals surface area contributed by atoms with Crippen molar-refractivity contribution in [3.63, 3.8) is 0 Å². The van der Waals surface area contributed by atoms with Gasteiger partial charge < -0.3 is 29.7 Å². The van der Waals surface area contributed by atoms with Crippen LogP contribution in [0.3, 0.4) is 0 Å². The Morgan fingerprint density at radius 3 is 2.57 bits per heavy atom. The zero-order valence-electron chi connectivity index (χ0n) is 30.0. The first-order valence-electron chi connectivity index (χ1n) is 17.9. The lowest BCUT2D eigenvalue weighted by Gasteiger charge is -2.35. The first kappa shape index (κ1) is 36.6. The second-order valence-electron chi connectivity index (χ2n) is 15.3. The number of aryl methyl sites for hydroxylation is 1. The maximum Gasteiger partial charge on any atom is 0.407 e. The van der Waals surface area contributed by atoms with E-state index in [1.54, 1.807) is 13.3 Å². The number of methoxy groups -OCH3 is 1. The summed E-state index contributed by atoms with van der Waals surface area (Å²) in [4.78, 5) is 61.1. The second-order valence-corrected chi connectivity index (χ2v) is 17.3. The Hall–Kier alpha value is -4.14. The third-order valence-corrected chi connectivity index (χ3v) is 12.3. The highest BCUT2D eigenvalue weighted by molar-refractivity contribution is 7.91. The highest BCUT2D eigenvalue weighted by Crippen LogP contribution is 2.47. The molecule has 3 fully saturated rings. The van der Waals surface area contributed by atoms with Gasteiger partial charge in [0.05, 0.1) is 25.5 Å². The van der Waals surface area contributed by atoms with Crippen LogP contribution in [0.5, 0.6) is 11.6 Å². The molecule has 2 saturated carbocycles. The summed E-state index contributed by atoms with van der Waals surface area (Å²) in [7, 11) is -2.25. The number of carbonyl (C=O) groups is 4. The Bertz CT molecular complexity index is 1810. The topological polar surface area (TPSA) is 182 Å². The number of ether oxygens (including phenoxy) is 3. The molecule has 4 bridgehead atoms. The van der Waals surface area contributed by atoms with Gasteiger partial charge in [-0.25, -0.2) is 18.2 Å². The number of pyridine rings is 1. The molecule has 5 atom stereocenters. The predicted octanol–water partition coefficient (Wildman–Crippen LogP) is 3.35. The number of alkyl carbamates (subject to hydrolysis) is 1. The SMILES string of the molecule is CC[C@@H]1C[C@]1(NC(=O)[C@@H]1C[C@@H]2CN1C(=O)[C@H](C(C)(C)C)NC(=O)OCCCCCc1cc(OC)c3ccnc(c3c1)O2)C(=O)NS(=O)(=O)C1CC1. The van der Waals surface area contributed by atoms with Crippen LogP contribution in [0.2, 0.25) is 0 Å². The van der Waals surface area contributed by atoms with Crippen LogP contribution < -0.4 is 24.8 Å². The molecule has 4 amide bonds. The minimum Gasteiger partial charge on any atom is -0.496 e. The number of nitrogens with zero attached hydrogens (tertiary/aromatic N) is 2. The smallest absolute Gasteiger partial charge is 0.407 e. The summed E-state index contributed by atoms with van der Waals surface area (Å²) in [5.74, 6) is -1.17. The zero-order chi connectivity index (χ0) is 36.7. The quantitative estimate of drug-likeness (QED) is 0.383. The molecule has 3 heterocycles. The fourth-order valence-corrected chi connectivity index (χ4v) is 8.63. The zero-order valence-corrected chi connectivity index (χ0v) is 30.8. The molecule has 4 aliphatic rings. The lowest BCUT2D eigenvalue weighted by atomic mass is 9.85. The average molecular weight is 728 g/mol. The van der Waals surface area contributed by atoms with Gasteiger partial charge in [-0.2, -0.15) is 0 Å². The highest BCUT2D eigenvalue weighted by atomic mass is 32.2. The Labute approximate surface area is 298 Å². The molecule has 15 heteroatoms. The van der Waals surface area contributed by atoms with Crippen molar-refractivity contribution in [2.45, 2.75) is 114 Å². The Morgan fingerprint density at radius 2 is 1.90 bits per heavy atom. The molecule has 1 saturated heterocycles. The van der Waals surface area contributed by atoms with Gasteiger partial charge in [-0.05, 0) is 80.0 Å². The van der Waals surface area contributed by atoms with E-state index in [2.05, 4.69) is 20.3 Å². The number of carbonyl (C=O) groups excluding carboxylic acids is 4. The van der Waals surface area contributed by atoms with E-state index in [4.69, 9.17) is 14.2 Å². The van der Waals surface area contributed by atoms with Gasteiger partial charge in [-0.1, -0.05) is 34.1 Å². The van der Waals surface area contributed by atoms with Crippen LogP contribution in [0, 0.1) is 11.3 Å². The Kier molecular flexibility index (Phi) is 10.1. The lowest BCUT2D eigenvalue weighted by molar-refractivity contribution is -0.143. The van der Waals surface area contributed by atoms with Gasteiger partial charge in [0.2, 0.25) is 27.7 Å². The normalized spacial score (nSPS) is 27.4. The van der Waals surface area contributed by atoms with Crippen molar-refractivity contribution in [2.24, 2.45) is 11.3 Å². The summed E-state index contributed by atoms with van der Waals surface area (Å²) in [5.41, 5.74) is -1.18. The summed E-state index contributed by atoms with van der Waals surface area (Å²) in [6, 6.07) is 3.68. The number of rotatable bonds is 7. The standard InChI is InChI=1S/C36H49N5O9S/c1-6-22-19-36(22,33(44)40-51(46,47)24-11-12-24)39-30(42)27-18-23-20-41(27)32(43)29(35(2,3)4)38-34(45)49-15-9-7-8-10-21-16-26-25(28(17-21)48-5)13-14-37-31(26)50-23/h13-14,16-17,22-24,27,29H,6-12,15,18-20H2,1-5H3,(H,38,45)(H,39,42)(H,40,44)/t22-,23-,27+,29-,36-/m1/s1. The third kappa shape index (κ3) is 7.73. The molecule has 278 valence electrons. The van der Waals surface area contributed by atoms with Gasteiger partial charge in [-0.3, -0.25) is 19.1 Å². The van der Waals surface area contributed by atoms with Gasteiger partial charge in [-0.15, -0.1) is 0 Å². The van der Waals surface area contributed by atoms with E-state index in [1.807, 2.05) is 45.9 Å². The van der Waals surface area contributed by atoms with E-state index < -0.39 is 68.2 Å². The van der Waals surface area contributed by atoms with Crippen molar-refractivity contribution in [3.05, 3.63) is 30.0 Å². The van der Waals surface area contributed by atoms with E-state index >= 15 is 0 Å². The van der Waals surface area contributed by atoms with Crippen molar-refractivity contribution < 1.29 is 41.8 Å². The van der Waals surface area contributed by atoms with Crippen molar-refractivity contribution in [1.29, 1.82) is 0 Å². The fraction of sp³-hybridized carbons (Fsp3) is 0.639. The molecule has 0 radical (unpaired) electrons. The summed E-state index contributed by atoms with van der Waals surface area (Å²) in [5, 5.41) is 6.53. The van der Waals surface area contributed by atoms with Gasteiger partial charge in [0.25, 0.3) is 5.91 Å². The predicted molar refractivity (Wildman–Crippen MR) is 187 cm³/mol. The monoisotopic (exact) mass is 727 g/mol. The lowest BCUT2D eigenvalue weighted by Crippen LogP contribution is -2.60. The minimum absolute atomic E-state index is 0.0123. The van der Waals surface area contributed by atoms with E-state index in [1.165, 1.54) is 4.90 Å². The fourth-order valence-electron chi connectivity index (χ4n) is 7.26. The van der Waals surface area contributed by atoms with E-state index in [0.717, 1.165) is 35.6 Å². The molecule has 3 N–H and O–H groups in total. The van der Waals surface area contributed by atoms with E-state index in [9.17, 15) is 27.6 Å². The highest BCUT2D eigenvalue weighted by Gasteiger charge is 2.62.